The first-order chi connectivity index (χ1) is 32.6. The predicted molar refractivity (Wildman–Crippen MR) is 263 cm³/mol. The lowest BCUT2D eigenvalue weighted by molar-refractivity contribution is -0.359. The SMILES string of the molecule is CCCCCCCCCCCCCCCCCCCCCCCC(=O)NC(COC1OC(CO)C(OC2OC(CO)C(O)C(O)C2O)C(O)C1O)C(O)CCCCCCCCCCCCCC. The van der Waals surface area contributed by atoms with Gasteiger partial charge in [0.2, 0.25) is 5.91 Å². The molecule has 2 aliphatic rings. The van der Waals surface area contributed by atoms with E-state index in [1.54, 1.807) is 0 Å². The van der Waals surface area contributed by atoms with Crippen molar-refractivity contribution in [3.8, 4) is 0 Å². The molecule has 9 N–H and O–H groups in total. The Balaban J connectivity index is 1.75. The summed E-state index contributed by atoms with van der Waals surface area (Å²) in [6.45, 7) is 2.87. The predicted octanol–water partition coefficient (Wildman–Crippen LogP) is 8.17. The molecular weight excluding hydrogens is 859 g/mol. The summed E-state index contributed by atoms with van der Waals surface area (Å²) in [5, 5.41) is 87.0. The maximum Gasteiger partial charge on any atom is 0.220 e. The van der Waals surface area contributed by atoms with Gasteiger partial charge in [-0.05, 0) is 12.8 Å². The average Bonchev–Trinajstić information content (AvgIpc) is 3.32. The van der Waals surface area contributed by atoms with E-state index < -0.39 is 86.8 Å². The molecule has 2 aliphatic heterocycles. The van der Waals surface area contributed by atoms with Crippen molar-refractivity contribution >= 4 is 5.91 Å². The van der Waals surface area contributed by atoms with Gasteiger partial charge in [0.25, 0.3) is 0 Å². The van der Waals surface area contributed by atoms with Crippen LogP contribution >= 0.6 is 0 Å². The maximum atomic E-state index is 13.2. The van der Waals surface area contributed by atoms with Crippen molar-refractivity contribution in [2.45, 2.75) is 312 Å². The molecule has 0 radical (unpaired) electrons. The first-order valence-electron chi connectivity index (χ1n) is 27.8. The third-order valence-electron chi connectivity index (χ3n) is 14.1. The van der Waals surface area contributed by atoms with E-state index in [4.69, 9.17) is 18.9 Å². The highest BCUT2D eigenvalue weighted by atomic mass is 16.7. The Morgan fingerprint density at radius 1 is 0.478 bits per heavy atom. The van der Waals surface area contributed by atoms with Crippen LogP contribution in [0.5, 0.6) is 0 Å². The summed E-state index contributed by atoms with van der Waals surface area (Å²) in [5.41, 5.74) is 0. The van der Waals surface area contributed by atoms with E-state index >= 15 is 0 Å². The Morgan fingerprint density at radius 3 is 1.27 bits per heavy atom. The lowest BCUT2D eigenvalue weighted by atomic mass is 9.97. The minimum absolute atomic E-state index is 0.202. The van der Waals surface area contributed by atoms with Crippen molar-refractivity contribution in [2.24, 2.45) is 0 Å². The molecule has 0 aromatic heterocycles. The van der Waals surface area contributed by atoms with Crippen LogP contribution in [0.2, 0.25) is 0 Å². The van der Waals surface area contributed by atoms with E-state index in [1.807, 2.05) is 0 Å². The molecule has 12 unspecified atom stereocenters. The second-order valence-electron chi connectivity index (χ2n) is 20.1. The number of carbonyl (C=O) groups excluding carboxylic acids is 1. The van der Waals surface area contributed by atoms with Gasteiger partial charge < -0.3 is 65.1 Å². The van der Waals surface area contributed by atoms with Crippen LogP contribution in [-0.2, 0) is 23.7 Å². The van der Waals surface area contributed by atoms with E-state index in [1.165, 1.54) is 161 Å². The number of aliphatic hydroxyl groups excluding tert-OH is 8. The summed E-state index contributed by atoms with van der Waals surface area (Å²) in [5.74, 6) is -0.202. The van der Waals surface area contributed by atoms with Crippen LogP contribution in [0.15, 0.2) is 0 Å². The molecule has 0 aromatic carbocycles. The number of aliphatic hydroxyl groups is 8. The Labute approximate surface area is 406 Å². The second-order valence-corrected chi connectivity index (χ2v) is 20.1. The molecule has 2 saturated heterocycles. The summed E-state index contributed by atoms with van der Waals surface area (Å²) in [6, 6.07) is -0.821. The topological polar surface area (TPSA) is 228 Å². The summed E-state index contributed by atoms with van der Waals surface area (Å²) < 4.78 is 22.8. The van der Waals surface area contributed by atoms with Crippen LogP contribution in [0.3, 0.4) is 0 Å². The maximum absolute atomic E-state index is 13.2. The Bertz CT molecular complexity index is 1140. The van der Waals surface area contributed by atoms with Gasteiger partial charge in [0.05, 0.1) is 32.0 Å². The summed E-state index contributed by atoms with van der Waals surface area (Å²) >= 11 is 0. The van der Waals surface area contributed by atoms with Crippen molar-refractivity contribution in [1.82, 2.24) is 5.32 Å². The molecule has 2 heterocycles. The van der Waals surface area contributed by atoms with Crippen molar-refractivity contribution in [3.05, 3.63) is 0 Å². The summed E-state index contributed by atoms with van der Waals surface area (Å²) in [4.78, 5) is 13.2. The first-order valence-corrected chi connectivity index (χ1v) is 27.8. The fourth-order valence-electron chi connectivity index (χ4n) is 9.53. The van der Waals surface area contributed by atoms with E-state index in [-0.39, 0.29) is 12.5 Å². The number of hydrogen-bond donors (Lipinski definition) is 9. The van der Waals surface area contributed by atoms with Crippen LogP contribution in [-0.4, -0.2) is 140 Å². The van der Waals surface area contributed by atoms with Crippen molar-refractivity contribution in [1.29, 1.82) is 0 Å². The van der Waals surface area contributed by atoms with Crippen LogP contribution in [0.25, 0.3) is 0 Å². The lowest BCUT2D eigenvalue weighted by Gasteiger charge is -2.46. The number of amides is 1. The fraction of sp³-hybridized carbons (Fsp3) is 0.981. The quantitative estimate of drug-likeness (QED) is 0.0263. The molecule has 67 heavy (non-hydrogen) atoms. The van der Waals surface area contributed by atoms with E-state index in [0.29, 0.717) is 12.8 Å². The standard InChI is InChI=1S/C53H103NO13/c1-3-5-7-9-11-13-15-17-18-19-20-21-22-23-24-25-27-29-31-33-35-37-45(58)54-41(42(57)36-34-32-30-28-26-16-14-12-10-8-6-4-2)40-64-52-50(63)48(61)51(44(39-56)66-52)67-53-49(62)47(60)46(59)43(38-55)65-53/h41-44,46-53,55-57,59-63H,3-40H2,1-2H3,(H,54,58). The minimum atomic E-state index is -1.78. The average molecular weight is 962 g/mol. The second kappa shape index (κ2) is 40.6. The number of nitrogens with one attached hydrogen (secondary N) is 1. The van der Waals surface area contributed by atoms with Crippen molar-refractivity contribution < 1.29 is 64.6 Å². The highest BCUT2D eigenvalue weighted by Crippen LogP contribution is 2.30. The molecule has 2 fully saturated rings. The molecule has 14 nitrogen and oxygen atoms in total. The number of carbonyl (C=O) groups is 1. The molecule has 0 bridgehead atoms. The number of rotatable bonds is 44. The molecule has 0 spiro atoms. The van der Waals surface area contributed by atoms with Crippen LogP contribution in [0.4, 0.5) is 0 Å². The molecule has 14 heteroatoms. The third-order valence-corrected chi connectivity index (χ3v) is 14.1. The minimum Gasteiger partial charge on any atom is -0.394 e. The fourth-order valence-corrected chi connectivity index (χ4v) is 9.53. The smallest absolute Gasteiger partial charge is 0.220 e. The number of ether oxygens (including phenoxy) is 4. The van der Waals surface area contributed by atoms with Crippen LogP contribution in [0, 0.1) is 0 Å². The van der Waals surface area contributed by atoms with Gasteiger partial charge in [-0.1, -0.05) is 219 Å². The molecule has 12 atom stereocenters. The van der Waals surface area contributed by atoms with Gasteiger partial charge in [-0.3, -0.25) is 4.79 Å². The number of unbranched alkanes of at least 4 members (excludes halogenated alkanes) is 31. The molecule has 0 aliphatic carbocycles. The first kappa shape index (κ1) is 62.1. The highest BCUT2D eigenvalue weighted by Gasteiger charge is 2.51. The van der Waals surface area contributed by atoms with Gasteiger partial charge in [0.15, 0.2) is 12.6 Å². The van der Waals surface area contributed by atoms with E-state index in [0.717, 1.165) is 51.4 Å². The number of hydrogen-bond acceptors (Lipinski definition) is 13. The third kappa shape index (κ3) is 27.4. The van der Waals surface area contributed by atoms with Crippen molar-refractivity contribution in [2.75, 3.05) is 19.8 Å². The van der Waals surface area contributed by atoms with Gasteiger partial charge in [-0.15, -0.1) is 0 Å². The van der Waals surface area contributed by atoms with E-state index in [9.17, 15) is 45.6 Å². The molecule has 2 rings (SSSR count). The molecule has 1 amide bonds. The lowest BCUT2D eigenvalue weighted by Crippen LogP contribution is -2.65. The van der Waals surface area contributed by atoms with Gasteiger partial charge in [0.1, 0.15) is 48.8 Å². The Hall–Kier alpha value is -1.01. The zero-order valence-corrected chi connectivity index (χ0v) is 42.4. The molecule has 0 aromatic rings. The van der Waals surface area contributed by atoms with E-state index in [2.05, 4.69) is 19.2 Å². The van der Waals surface area contributed by atoms with Gasteiger partial charge >= 0.3 is 0 Å². The summed E-state index contributed by atoms with van der Waals surface area (Å²) in [7, 11) is 0. The zero-order valence-electron chi connectivity index (χ0n) is 42.4. The largest absolute Gasteiger partial charge is 0.394 e. The summed E-state index contributed by atoms with van der Waals surface area (Å²) in [6.07, 6.45) is 25.4. The zero-order chi connectivity index (χ0) is 48.9. The van der Waals surface area contributed by atoms with Crippen LogP contribution < -0.4 is 5.32 Å². The van der Waals surface area contributed by atoms with Gasteiger partial charge in [-0.2, -0.15) is 0 Å². The Morgan fingerprint density at radius 2 is 0.851 bits per heavy atom. The van der Waals surface area contributed by atoms with Crippen LogP contribution in [0.1, 0.15) is 239 Å². The molecular formula is C53H103NO13. The van der Waals surface area contributed by atoms with Crippen molar-refractivity contribution in [3.63, 3.8) is 0 Å². The van der Waals surface area contributed by atoms with Gasteiger partial charge in [0, 0.05) is 6.42 Å². The molecule has 398 valence electrons. The molecule has 0 saturated carbocycles. The monoisotopic (exact) mass is 962 g/mol. The highest BCUT2D eigenvalue weighted by molar-refractivity contribution is 5.76. The normalized spacial score (nSPS) is 26.5. The van der Waals surface area contributed by atoms with Gasteiger partial charge in [-0.25, -0.2) is 0 Å². The Kier molecular flexibility index (Phi) is 37.6.